The SMILES string of the molecule is COc1ccc(F)c2c1CCC[C@]21C[NH2+]C[C@H]1C(=O)N1CC[C@@H](c2ccccc2)C[C@H]1C1CCCCC1. The van der Waals surface area contributed by atoms with Crippen molar-refractivity contribution < 1.29 is 19.2 Å². The molecule has 0 aromatic heterocycles. The third-order valence-electron chi connectivity index (χ3n) is 10.3. The van der Waals surface area contributed by atoms with E-state index >= 15 is 4.39 Å². The number of carbonyl (C=O) groups excluding carboxylic acids is 1. The van der Waals surface area contributed by atoms with Crippen molar-refractivity contribution in [2.75, 3.05) is 26.7 Å². The number of piperidine rings is 1. The van der Waals surface area contributed by atoms with Crippen LogP contribution in [0.4, 0.5) is 4.39 Å². The molecule has 2 heterocycles. The molecule has 1 amide bonds. The van der Waals surface area contributed by atoms with E-state index in [1.165, 1.54) is 37.7 Å². The van der Waals surface area contributed by atoms with Crippen molar-refractivity contribution in [2.45, 2.75) is 81.6 Å². The summed E-state index contributed by atoms with van der Waals surface area (Å²) in [6, 6.07) is 14.5. The number of ether oxygens (including phenoxy) is 1. The lowest BCUT2D eigenvalue weighted by Gasteiger charge is -2.47. The largest absolute Gasteiger partial charge is 0.496 e. The number of rotatable bonds is 4. The Morgan fingerprint density at radius 1 is 1.05 bits per heavy atom. The number of halogens is 1. The molecular weight excluding hydrogens is 463 g/mol. The molecule has 6 rings (SSSR count). The second-order valence-corrected chi connectivity index (χ2v) is 12.0. The van der Waals surface area contributed by atoms with Crippen molar-refractivity contribution in [1.82, 2.24) is 4.90 Å². The molecule has 2 aromatic carbocycles. The fourth-order valence-electron chi connectivity index (χ4n) is 8.51. The quantitative estimate of drug-likeness (QED) is 0.639. The van der Waals surface area contributed by atoms with Crippen LogP contribution in [0.1, 0.15) is 80.4 Å². The molecule has 4 atom stereocenters. The normalized spacial score (nSPS) is 30.3. The molecule has 0 radical (unpaired) electrons. The van der Waals surface area contributed by atoms with Crippen LogP contribution in [-0.4, -0.2) is 43.6 Å². The lowest BCUT2D eigenvalue weighted by molar-refractivity contribution is -0.640. The van der Waals surface area contributed by atoms with E-state index in [-0.39, 0.29) is 17.6 Å². The fraction of sp³-hybridized carbons (Fsp3) is 0.594. The standard InChI is InChI=1S/C32H41FN2O2/c1-37-29-15-14-27(33)30-25(29)13-8-17-32(30)21-34-20-26(32)31(36)35-18-16-24(22-9-4-2-5-10-22)19-28(35)23-11-6-3-7-12-23/h2,4-5,9-10,14-15,23-24,26,28,34H,3,6-8,11-13,16-21H2,1H3/p+1/t24-,26+,28+,32-/m1/s1. The third kappa shape index (κ3) is 4.37. The average molecular weight is 506 g/mol. The summed E-state index contributed by atoms with van der Waals surface area (Å²) in [5.41, 5.74) is 2.75. The number of nitrogens with zero attached hydrogens (tertiary/aromatic N) is 1. The summed E-state index contributed by atoms with van der Waals surface area (Å²) in [6.07, 6.45) is 11.1. The van der Waals surface area contributed by atoms with Crippen molar-refractivity contribution in [3.63, 3.8) is 0 Å². The van der Waals surface area contributed by atoms with Crippen LogP contribution in [-0.2, 0) is 16.6 Å². The summed E-state index contributed by atoms with van der Waals surface area (Å²) in [5, 5.41) is 2.27. The van der Waals surface area contributed by atoms with Gasteiger partial charge in [0.05, 0.1) is 25.6 Å². The second-order valence-electron chi connectivity index (χ2n) is 12.0. The summed E-state index contributed by atoms with van der Waals surface area (Å²) in [5.74, 6) is 1.82. The van der Waals surface area contributed by atoms with Crippen molar-refractivity contribution in [3.8, 4) is 5.75 Å². The molecule has 1 saturated carbocycles. The van der Waals surface area contributed by atoms with Crippen LogP contribution in [0.25, 0.3) is 0 Å². The number of methoxy groups -OCH3 is 1. The van der Waals surface area contributed by atoms with Crippen LogP contribution >= 0.6 is 0 Å². The van der Waals surface area contributed by atoms with Crippen LogP contribution in [0, 0.1) is 17.7 Å². The van der Waals surface area contributed by atoms with Crippen molar-refractivity contribution in [2.24, 2.45) is 11.8 Å². The summed E-state index contributed by atoms with van der Waals surface area (Å²) < 4.78 is 21.2. The van der Waals surface area contributed by atoms with Gasteiger partial charge in [-0.1, -0.05) is 49.6 Å². The number of hydrogen-bond donors (Lipinski definition) is 1. The Kier molecular flexibility index (Phi) is 7.00. The van der Waals surface area contributed by atoms with Crippen molar-refractivity contribution in [1.29, 1.82) is 0 Å². The molecule has 2 aromatic rings. The maximum Gasteiger partial charge on any atom is 0.232 e. The number of likely N-dealkylation sites (tertiary alicyclic amines) is 1. The van der Waals surface area contributed by atoms with Gasteiger partial charge in [-0.2, -0.15) is 0 Å². The van der Waals surface area contributed by atoms with Gasteiger partial charge in [0, 0.05) is 23.7 Å². The molecule has 0 bridgehead atoms. The van der Waals surface area contributed by atoms with Crippen LogP contribution < -0.4 is 10.1 Å². The molecular formula is C32H42FN2O2+. The van der Waals surface area contributed by atoms with E-state index in [0.29, 0.717) is 17.9 Å². The minimum atomic E-state index is -0.434. The Hall–Kier alpha value is -2.40. The minimum absolute atomic E-state index is 0.157. The van der Waals surface area contributed by atoms with E-state index in [9.17, 15) is 4.79 Å². The first-order chi connectivity index (χ1) is 18.1. The van der Waals surface area contributed by atoms with Gasteiger partial charge in [-0.05, 0) is 74.5 Å². The number of fused-ring (bicyclic) bond motifs is 2. The molecule has 3 fully saturated rings. The number of carbonyl (C=O) groups is 1. The third-order valence-corrected chi connectivity index (χ3v) is 10.3. The predicted molar refractivity (Wildman–Crippen MR) is 143 cm³/mol. The van der Waals surface area contributed by atoms with Gasteiger partial charge in [-0.3, -0.25) is 4.79 Å². The van der Waals surface area contributed by atoms with Gasteiger partial charge < -0.3 is 15.0 Å². The zero-order valence-corrected chi connectivity index (χ0v) is 22.3. The van der Waals surface area contributed by atoms with Gasteiger partial charge >= 0.3 is 0 Å². The highest BCUT2D eigenvalue weighted by molar-refractivity contribution is 5.82. The highest BCUT2D eigenvalue weighted by atomic mass is 19.1. The Balaban J connectivity index is 1.33. The molecule has 198 valence electrons. The molecule has 2 N–H and O–H groups in total. The molecule has 4 aliphatic rings. The smallest absolute Gasteiger partial charge is 0.232 e. The monoisotopic (exact) mass is 505 g/mol. The molecule has 2 saturated heterocycles. The number of benzene rings is 2. The first-order valence-corrected chi connectivity index (χ1v) is 14.7. The lowest BCUT2D eigenvalue weighted by atomic mass is 9.63. The van der Waals surface area contributed by atoms with E-state index in [4.69, 9.17) is 4.74 Å². The van der Waals surface area contributed by atoms with Crippen LogP contribution in [0.2, 0.25) is 0 Å². The van der Waals surface area contributed by atoms with Gasteiger partial charge in [0.15, 0.2) is 0 Å². The zero-order valence-electron chi connectivity index (χ0n) is 22.3. The van der Waals surface area contributed by atoms with Gasteiger partial charge in [0.1, 0.15) is 17.5 Å². The van der Waals surface area contributed by atoms with Crippen LogP contribution in [0.5, 0.6) is 5.75 Å². The Morgan fingerprint density at radius 3 is 2.65 bits per heavy atom. The van der Waals surface area contributed by atoms with Crippen molar-refractivity contribution in [3.05, 3.63) is 65.0 Å². The van der Waals surface area contributed by atoms with E-state index in [1.807, 2.05) is 0 Å². The first-order valence-electron chi connectivity index (χ1n) is 14.7. The van der Waals surface area contributed by atoms with E-state index in [2.05, 4.69) is 40.5 Å². The molecule has 5 heteroatoms. The van der Waals surface area contributed by atoms with E-state index < -0.39 is 5.41 Å². The van der Waals surface area contributed by atoms with Gasteiger partial charge in [-0.25, -0.2) is 4.39 Å². The molecule has 2 aliphatic heterocycles. The highest BCUT2D eigenvalue weighted by Gasteiger charge is 2.56. The maximum absolute atomic E-state index is 15.6. The Bertz CT molecular complexity index is 1120. The van der Waals surface area contributed by atoms with Gasteiger partial charge in [0.25, 0.3) is 0 Å². The predicted octanol–water partition coefficient (Wildman–Crippen LogP) is 4.96. The number of nitrogens with two attached hydrogens (primary N) is 1. The number of amides is 1. The first kappa shape index (κ1) is 24.9. The van der Waals surface area contributed by atoms with E-state index in [0.717, 1.165) is 68.6 Å². The van der Waals surface area contributed by atoms with Crippen molar-refractivity contribution >= 4 is 5.91 Å². The summed E-state index contributed by atoms with van der Waals surface area (Å²) in [7, 11) is 1.67. The Labute approximate surface area is 221 Å². The van der Waals surface area contributed by atoms with Gasteiger partial charge in [0.2, 0.25) is 5.91 Å². The molecule has 2 aliphatic carbocycles. The summed E-state index contributed by atoms with van der Waals surface area (Å²) >= 11 is 0. The van der Waals surface area contributed by atoms with Crippen LogP contribution in [0.3, 0.4) is 0 Å². The molecule has 37 heavy (non-hydrogen) atoms. The topological polar surface area (TPSA) is 46.1 Å². The molecule has 0 unspecified atom stereocenters. The molecule has 1 spiro atoms. The van der Waals surface area contributed by atoms with Gasteiger partial charge in [-0.15, -0.1) is 0 Å². The fourth-order valence-corrected chi connectivity index (χ4v) is 8.51. The number of quaternary nitrogens is 1. The molecule has 4 nitrogen and oxygen atoms in total. The van der Waals surface area contributed by atoms with E-state index in [1.54, 1.807) is 19.2 Å². The maximum atomic E-state index is 15.6. The second kappa shape index (κ2) is 10.4. The summed E-state index contributed by atoms with van der Waals surface area (Å²) in [6.45, 7) is 2.36. The Morgan fingerprint density at radius 2 is 1.86 bits per heavy atom. The van der Waals surface area contributed by atoms with Crippen LogP contribution in [0.15, 0.2) is 42.5 Å². The lowest BCUT2D eigenvalue weighted by Crippen LogP contribution is -2.82. The zero-order chi connectivity index (χ0) is 25.4. The average Bonchev–Trinajstić information content (AvgIpc) is 3.37. The highest BCUT2D eigenvalue weighted by Crippen LogP contribution is 2.49. The summed E-state index contributed by atoms with van der Waals surface area (Å²) in [4.78, 5) is 16.9. The minimum Gasteiger partial charge on any atom is -0.496 e. The number of hydrogen-bond acceptors (Lipinski definition) is 2.